The highest BCUT2D eigenvalue weighted by atomic mass is 35.5. The Morgan fingerprint density at radius 1 is 0.800 bits per heavy atom. The molecule has 0 saturated carbocycles. The number of carbonyl (C=O) groups is 2. The lowest BCUT2D eigenvalue weighted by molar-refractivity contribution is -0.149. The Kier molecular flexibility index (Phi) is 4.95. The number of hydrogen-bond acceptors (Lipinski definition) is 4. The standard InChI is InChI=1S/C28H25N3O3.ClH/c1-29-12-16-11-23-24(19-8-4-6-10-22(19)31(23)14-17(16)13-29)26-25(27(32)34-28(26)33)20-15-30(2)21-9-5-3-7-18(20)21;/h3-10,15-17H,11-14H2,1-2H3;1H/t16-,17-;/m0./s1. The van der Waals surface area contributed by atoms with E-state index in [2.05, 4.69) is 28.6 Å². The van der Waals surface area contributed by atoms with Gasteiger partial charge < -0.3 is 18.8 Å². The van der Waals surface area contributed by atoms with Crippen LogP contribution >= 0.6 is 12.4 Å². The second-order valence-corrected chi connectivity index (χ2v) is 9.99. The minimum Gasteiger partial charge on any atom is -0.386 e. The van der Waals surface area contributed by atoms with Crippen molar-refractivity contribution in [1.29, 1.82) is 0 Å². The molecule has 5 heterocycles. The average molecular weight is 488 g/mol. The first kappa shape index (κ1) is 22.1. The molecule has 35 heavy (non-hydrogen) atoms. The molecule has 0 radical (unpaired) electrons. The normalized spacial score (nSPS) is 22.0. The third-order valence-corrected chi connectivity index (χ3v) is 7.97. The van der Waals surface area contributed by atoms with Gasteiger partial charge in [0.15, 0.2) is 0 Å². The molecule has 1 fully saturated rings. The molecule has 4 aromatic rings. The van der Waals surface area contributed by atoms with Gasteiger partial charge in [0.2, 0.25) is 0 Å². The summed E-state index contributed by atoms with van der Waals surface area (Å²) >= 11 is 0. The second kappa shape index (κ2) is 7.83. The summed E-state index contributed by atoms with van der Waals surface area (Å²) in [5.41, 5.74) is 5.71. The van der Waals surface area contributed by atoms with Crippen molar-refractivity contribution in [2.75, 3.05) is 20.1 Å². The first-order valence-corrected chi connectivity index (χ1v) is 11.9. The van der Waals surface area contributed by atoms with Crippen LogP contribution in [0.5, 0.6) is 0 Å². The van der Waals surface area contributed by atoms with Crippen LogP contribution in [0.15, 0.2) is 54.7 Å². The quantitative estimate of drug-likeness (QED) is 0.313. The molecule has 1 saturated heterocycles. The topological polar surface area (TPSA) is 56.5 Å². The molecule has 7 rings (SSSR count). The molecule has 7 heteroatoms. The Labute approximate surface area is 209 Å². The van der Waals surface area contributed by atoms with Gasteiger partial charge in [0.1, 0.15) is 0 Å². The zero-order chi connectivity index (χ0) is 23.1. The summed E-state index contributed by atoms with van der Waals surface area (Å²) in [6.45, 7) is 3.09. The van der Waals surface area contributed by atoms with Gasteiger partial charge in [-0.25, -0.2) is 9.59 Å². The monoisotopic (exact) mass is 487 g/mol. The summed E-state index contributed by atoms with van der Waals surface area (Å²) in [5.74, 6) is 0.0487. The number of fused-ring (bicyclic) bond motifs is 5. The van der Waals surface area contributed by atoms with Crippen LogP contribution in [0.25, 0.3) is 33.0 Å². The zero-order valence-corrected chi connectivity index (χ0v) is 20.5. The van der Waals surface area contributed by atoms with Gasteiger partial charge in [-0.3, -0.25) is 0 Å². The molecule has 3 aliphatic rings. The maximum Gasteiger partial charge on any atom is 0.347 e. The Morgan fingerprint density at radius 2 is 1.46 bits per heavy atom. The number of likely N-dealkylation sites (tertiary alicyclic amines) is 1. The molecule has 178 valence electrons. The molecule has 6 nitrogen and oxygen atoms in total. The van der Waals surface area contributed by atoms with Gasteiger partial charge in [-0.2, -0.15) is 0 Å². The van der Waals surface area contributed by atoms with Crippen LogP contribution in [0, 0.1) is 11.8 Å². The molecule has 2 atom stereocenters. The van der Waals surface area contributed by atoms with Crippen molar-refractivity contribution in [3.63, 3.8) is 0 Å². The smallest absolute Gasteiger partial charge is 0.347 e. The second-order valence-electron chi connectivity index (χ2n) is 9.99. The minimum atomic E-state index is -0.560. The van der Waals surface area contributed by atoms with E-state index in [1.54, 1.807) is 0 Å². The number of aromatic nitrogens is 2. The Hall–Kier alpha value is -3.35. The van der Waals surface area contributed by atoms with E-state index in [0.29, 0.717) is 23.0 Å². The number of aryl methyl sites for hydroxylation is 1. The molecular weight excluding hydrogens is 462 g/mol. The van der Waals surface area contributed by atoms with Crippen LogP contribution < -0.4 is 0 Å². The molecule has 0 N–H and O–H groups in total. The third-order valence-electron chi connectivity index (χ3n) is 7.97. The van der Waals surface area contributed by atoms with Crippen molar-refractivity contribution < 1.29 is 14.3 Å². The van der Waals surface area contributed by atoms with Crippen molar-refractivity contribution in [1.82, 2.24) is 14.0 Å². The van der Waals surface area contributed by atoms with Gasteiger partial charge in [-0.15, -0.1) is 12.4 Å². The van der Waals surface area contributed by atoms with Gasteiger partial charge in [0.05, 0.1) is 11.1 Å². The number of cyclic esters (lactones) is 2. The van der Waals surface area contributed by atoms with Crippen LogP contribution in [0.2, 0.25) is 0 Å². The van der Waals surface area contributed by atoms with Crippen molar-refractivity contribution in [2.24, 2.45) is 18.9 Å². The van der Waals surface area contributed by atoms with Crippen LogP contribution in [0.3, 0.4) is 0 Å². The number of hydrogen-bond donors (Lipinski definition) is 0. The zero-order valence-electron chi connectivity index (χ0n) is 19.7. The highest BCUT2D eigenvalue weighted by Crippen LogP contribution is 2.45. The maximum absolute atomic E-state index is 13.3. The van der Waals surface area contributed by atoms with E-state index in [0.717, 1.165) is 64.7 Å². The molecule has 0 aliphatic carbocycles. The fourth-order valence-corrected chi connectivity index (χ4v) is 6.55. The van der Waals surface area contributed by atoms with Gasteiger partial charge in [0, 0.05) is 71.5 Å². The number of nitrogens with zero attached hydrogens (tertiary/aromatic N) is 3. The number of ether oxygens (including phenoxy) is 1. The fourth-order valence-electron chi connectivity index (χ4n) is 6.55. The predicted molar refractivity (Wildman–Crippen MR) is 138 cm³/mol. The first-order chi connectivity index (χ1) is 16.5. The van der Waals surface area contributed by atoms with Gasteiger partial charge in [0.25, 0.3) is 0 Å². The molecule has 2 aromatic carbocycles. The lowest BCUT2D eigenvalue weighted by Gasteiger charge is -2.28. The van der Waals surface area contributed by atoms with Gasteiger partial charge in [-0.1, -0.05) is 36.4 Å². The highest BCUT2D eigenvalue weighted by Gasteiger charge is 2.42. The molecule has 0 bridgehead atoms. The number of esters is 2. The van der Waals surface area contributed by atoms with Crippen molar-refractivity contribution in [3.8, 4) is 0 Å². The van der Waals surface area contributed by atoms with E-state index in [4.69, 9.17) is 4.74 Å². The number of benzene rings is 2. The molecule has 2 aromatic heterocycles. The molecule has 0 unspecified atom stereocenters. The van der Waals surface area contributed by atoms with E-state index >= 15 is 0 Å². The molecule has 0 amide bonds. The molecule has 0 spiro atoms. The summed E-state index contributed by atoms with van der Waals surface area (Å²) < 4.78 is 9.67. The van der Waals surface area contributed by atoms with E-state index in [9.17, 15) is 9.59 Å². The van der Waals surface area contributed by atoms with E-state index in [1.807, 2.05) is 54.2 Å². The largest absolute Gasteiger partial charge is 0.386 e. The van der Waals surface area contributed by atoms with E-state index in [1.165, 1.54) is 0 Å². The maximum atomic E-state index is 13.3. The SMILES string of the molecule is CN1C[C@@H]2Cc3c(C4=C(c5cn(C)c6ccccc56)C(=O)OC4=O)c4ccccc4n3C[C@@H]2C1.Cl. The van der Waals surface area contributed by atoms with Gasteiger partial charge >= 0.3 is 11.9 Å². The van der Waals surface area contributed by atoms with Crippen LogP contribution in [0.4, 0.5) is 0 Å². The summed E-state index contributed by atoms with van der Waals surface area (Å²) in [5, 5.41) is 1.96. The van der Waals surface area contributed by atoms with Crippen molar-refractivity contribution in [3.05, 3.63) is 71.5 Å². The third kappa shape index (κ3) is 3.06. The summed E-state index contributed by atoms with van der Waals surface area (Å²) in [6, 6.07) is 16.2. The van der Waals surface area contributed by atoms with Crippen LogP contribution in [-0.4, -0.2) is 46.1 Å². The Morgan fingerprint density at radius 3 is 2.26 bits per heavy atom. The lowest BCUT2D eigenvalue weighted by atomic mass is 9.85. The number of carbonyl (C=O) groups excluding carboxylic acids is 2. The summed E-state index contributed by atoms with van der Waals surface area (Å²) in [4.78, 5) is 28.8. The van der Waals surface area contributed by atoms with Crippen LogP contribution in [0.1, 0.15) is 16.8 Å². The van der Waals surface area contributed by atoms with Gasteiger partial charge in [-0.05, 0) is 37.4 Å². The fraction of sp³-hybridized carbons (Fsp3) is 0.286. The van der Waals surface area contributed by atoms with E-state index < -0.39 is 11.9 Å². The minimum absolute atomic E-state index is 0. The summed E-state index contributed by atoms with van der Waals surface area (Å²) in [6.07, 6.45) is 2.83. The number of rotatable bonds is 2. The van der Waals surface area contributed by atoms with Crippen LogP contribution in [-0.2, 0) is 34.3 Å². The Balaban J connectivity index is 0.00000229. The number of halogens is 1. The predicted octanol–water partition coefficient (Wildman–Crippen LogP) is 4.28. The Bertz CT molecular complexity index is 1580. The first-order valence-electron chi connectivity index (χ1n) is 11.9. The number of para-hydroxylation sites is 2. The molecular formula is C28H26ClN3O3. The van der Waals surface area contributed by atoms with E-state index in [-0.39, 0.29) is 12.4 Å². The van der Waals surface area contributed by atoms with Crippen molar-refractivity contribution in [2.45, 2.75) is 13.0 Å². The average Bonchev–Trinajstić information content (AvgIpc) is 3.53. The highest BCUT2D eigenvalue weighted by molar-refractivity contribution is 6.47. The molecule has 3 aliphatic heterocycles. The summed E-state index contributed by atoms with van der Waals surface area (Å²) in [7, 11) is 4.14. The van der Waals surface area contributed by atoms with Crippen molar-refractivity contribution >= 4 is 57.3 Å². The lowest BCUT2D eigenvalue weighted by Crippen LogP contribution is -2.28.